The first-order valence-electron chi connectivity index (χ1n) is 11.2. The number of β-amino-alcohol motifs (C(OH)–C–C–N with tert-alkyl or cyclic N) is 1. The molecular weight excluding hydrogens is 382 g/mol. The molecule has 8 heteroatoms. The first-order valence-corrected chi connectivity index (χ1v) is 11.2. The minimum atomic E-state index is -0.386. The molecule has 0 aromatic carbocycles. The lowest BCUT2D eigenvalue weighted by Gasteiger charge is -2.36. The van der Waals surface area contributed by atoms with Gasteiger partial charge < -0.3 is 19.8 Å². The van der Waals surface area contributed by atoms with Gasteiger partial charge in [0.25, 0.3) is 5.91 Å². The van der Waals surface area contributed by atoms with Crippen LogP contribution in [0, 0.1) is 5.41 Å². The summed E-state index contributed by atoms with van der Waals surface area (Å²) in [6.07, 6.45) is 4.31. The van der Waals surface area contributed by atoms with Crippen LogP contribution in [-0.2, 0) is 4.79 Å². The molecule has 164 valence electrons. The van der Waals surface area contributed by atoms with Gasteiger partial charge in [-0.15, -0.1) is 0 Å². The van der Waals surface area contributed by atoms with Crippen LogP contribution >= 0.6 is 0 Å². The zero-order valence-electron chi connectivity index (χ0n) is 17.9. The van der Waals surface area contributed by atoms with Crippen molar-refractivity contribution in [2.75, 3.05) is 70.4 Å². The lowest BCUT2D eigenvalue weighted by atomic mass is 9.85. The molecule has 0 radical (unpaired) electrons. The van der Waals surface area contributed by atoms with Gasteiger partial charge in [-0.2, -0.15) is 0 Å². The highest BCUT2D eigenvalue weighted by molar-refractivity contribution is 6.00. The monoisotopic (exact) mass is 415 g/mol. The number of nitrogens with zero attached hydrogens (tertiary/aromatic N) is 5. The summed E-state index contributed by atoms with van der Waals surface area (Å²) in [5.74, 6) is 0.943. The zero-order chi connectivity index (χ0) is 21.1. The second-order valence-electron chi connectivity index (χ2n) is 8.73. The van der Waals surface area contributed by atoms with Gasteiger partial charge in [0.05, 0.1) is 17.6 Å². The number of hydrogen-bond donors (Lipinski definition) is 1. The van der Waals surface area contributed by atoms with Crippen molar-refractivity contribution in [3.63, 3.8) is 0 Å². The smallest absolute Gasteiger partial charge is 0.257 e. The molecule has 3 aliphatic rings. The van der Waals surface area contributed by atoms with Crippen LogP contribution in [0.25, 0.3) is 0 Å². The summed E-state index contributed by atoms with van der Waals surface area (Å²) in [5, 5.41) is 9.15. The maximum atomic E-state index is 13.4. The van der Waals surface area contributed by atoms with Gasteiger partial charge in [0, 0.05) is 65.1 Å². The molecule has 0 aliphatic carbocycles. The molecule has 1 N–H and O–H groups in total. The minimum Gasteiger partial charge on any atom is -0.395 e. The Morgan fingerprint density at radius 1 is 1.13 bits per heavy atom. The molecule has 0 bridgehead atoms. The number of carbonyl (C=O) groups excluding carboxylic acids is 2. The van der Waals surface area contributed by atoms with Crippen LogP contribution in [0.2, 0.25) is 0 Å². The van der Waals surface area contributed by atoms with E-state index >= 15 is 0 Å². The predicted molar refractivity (Wildman–Crippen MR) is 114 cm³/mol. The van der Waals surface area contributed by atoms with Gasteiger partial charge in [-0.25, -0.2) is 4.98 Å². The van der Waals surface area contributed by atoms with Crippen LogP contribution in [0.3, 0.4) is 0 Å². The van der Waals surface area contributed by atoms with Gasteiger partial charge in [0.2, 0.25) is 5.91 Å². The Morgan fingerprint density at radius 3 is 2.63 bits per heavy atom. The zero-order valence-corrected chi connectivity index (χ0v) is 17.9. The molecule has 1 atom stereocenters. The second kappa shape index (κ2) is 8.89. The summed E-state index contributed by atoms with van der Waals surface area (Å²) in [6, 6.07) is 3.67. The predicted octanol–water partition coefficient (Wildman–Crippen LogP) is 0.671. The molecule has 8 nitrogen and oxygen atoms in total. The van der Waals surface area contributed by atoms with Crippen LogP contribution in [-0.4, -0.2) is 102 Å². The van der Waals surface area contributed by atoms with E-state index in [1.54, 1.807) is 6.20 Å². The Bertz CT molecular complexity index is 780. The minimum absolute atomic E-state index is 0.0190. The largest absolute Gasteiger partial charge is 0.395 e. The number of piperazine rings is 1. The Hall–Kier alpha value is -2.19. The molecule has 0 saturated carbocycles. The van der Waals surface area contributed by atoms with Crippen LogP contribution in [0.5, 0.6) is 0 Å². The van der Waals surface area contributed by atoms with Crippen molar-refractivity contribution in [3.05, 3.63) is 23.9 Å². The molecule has 4 rings (SSSR count). The Balaban J connectivity index is 1.46. The molecule has 1 aromatic rings. The fraction of sp³-hybridized carbons (Fsp3) is 0.682. The van der Waals surface area contributed by atoms with Gasteiger partial charge in [-0.1, -0.05) is 6.92 Å². The van der Waals surface area contributed by atoms with Crippen molar-refractivity contribution >= 4 is 17.6 Å². The lowest BCUT2D eigenvalue weighted by molar-refractivity contribution is -0.135. The van der Waals surface area contributed by atoms with Crippen molar-refractivity contribution < 1.29 is 14.7 Å². The van der Waals surface area contributed by atoms with E-state index in [1.165, 1.54) is 0 Å². The van der Waals surface area contributed by atoms with Gasteiger partial charge in [-0.3, -0.25) is 14.5 Å². The third-order valence-corrected chi connectivity index (χ3v) is 6.84. The van der Waals surface area contributed by atoms with E-state index in [1.807, 2.05) is 21.9 Å². The summed E-state index contributed by atoms with van der Waals surface area (Å²) in [4.78, 5) is 39.1. The molecule has 1 spiro atoms. The standard InChI is InChI=1S/C22H33N5O3/c1-2-8-26-9-5-22(21(26)30)6-10-27(17-22)20(29)18-4-3-7-23-19(18)25-13-11-24(12-14-25)15-16-28/h3-4,7,28H,2,5-6,8-17H2,1H3. The highest BCUT2D eigenvalue weighted by atomic mass is 16.3. The number of pyridine rings is 1. The number of aliphatic hydroxyl groups excluding tert-OH is 1. The fourth-order valence-corrected chi connectivity index (χ4v) is 5.11. The number of carbonyl (C=O) groups is 2. The number of amides is 2. The summed E-state index contributed by atoms with van der Waals surface area (Å²) >= 11 is 0. The number of anilines is 1. The van der Waals surface area contributed by atoms with E-state index in [0.717, 1.165) is 64.3 Å². The van der Waals surface area contributed by atoms with Gasteiger partial charge in [-0.05, 0) is 31.4 Å². The Morgan fingerprint density at radius 2 is 1.90 bits per heavy atom. The van der Waals surface area contributed by atoms with E-state index < -0.39 is 0 Å². The molecule has 1 unspecified atom stereocenters. The van der Waals surface area contributed by atoms with E-state index in [4.69, 9.17) is 5.11 Å². The first kappa shape index (κ1) is 21.1. The molecule has 3 fully saturated rings. The van der Waals surface area contributed by atoms with Crippen molar-refractivity contribution in [1.29, 1.82) is 0 Å². The number of hydrogen-bond acceptors (Lipinski definition) is 6. The Kier molecular flexibility index (Phi) is 6.24. The van der Waals surface area contributed by atoms with Gasteiger partial charge >= 0.3 is 0 Å². The number of aliphatic hydroxyl groups is 1. The molecular formula is C22H33N5O3. The molecule has 3 saturated heterocycles. The number of likely N-dealkylation sites (tertiary alicyclic amines) is 2. The van der Waals surface area contributed by atoms with Crippen LogP contribution in [0.15, 0.2) is 18.3 Å². The van der Waals surface area contributed by atoms with Crippen molar-refractivity contribution in [2.45, 2.75) is 26.2 Å². The number of aromatic nitrogens is 1. The van der Waals surface area contributed by atoms with Crippen molar-refractivity contribution in [1.82, 2.24) is 19.7 Å². The van der Waals surface area contributed by atoms with Crippen molar-refractivity contribution in [2.24, 2.45) is 5.41 Å². The van der Waals surface area contributed by atoms with E-state index in [-0.39, 0.29) is 23.8 Å². The van der Waals surface area contributed by atoms with Crippen molar-refractivity contribution in [3.8, 4) is 0 Å². The average molecular weight is 416 g/mol. The summed E-state index contributed by atoms with van der Waals surface area (Å²) in [5.41, 5.74) is 0.240. The molecule has 3 aliphatic heterocycles. The topological polar surface area (TPSA) is 80.2 Å². The fourth-order valence-electron chi connectivity index (χ4n) is 5.11. The summed E-state index contributed by atoms with van der Waals surface area (Å²) in [7, 11) is 0. The molecule has 30 heavy (non-hydrogen) atoms. The third kappa shape index (κ3) is 3.90. The lowest BCUT2D eigenvalue weighted by Crippen LogP contribution is -2.48. The number of rotatable bonds is 6. The second-order valence-corrected chi connectivity index (χ2v) is 8.73. The van der Waals surface area contributed by atoms with Gasteiger partial charge in [0.15, 0.2) is 0 Å². The SMILES string of the molecule is CCCN1CCC2(CCN(C(=O)c3cccnc3N3CCN(CCO)CC3)C2)C1=O. The molecule has 1 aromatic heterocycles. The van der Waals surface area contributed by atoms with E-state index in [0.29, 0.717) is 25.2 Å². The van der Waals surface area contributed by atoms with Crippen LogP contribution in [0.4, 0.5) is 5.82 Å². The maximum absolute atomic E-state index is 13.4. The van der Waals surface area contributed by atoms with E-state index in [2.05, 4.69) is 21.7 Å². The quantitative estimate of drug-likeness (QED) is 0.736. The Labute approximate surface area is 178 Å². The maximum Gasteiger partial charge on any atom is 0.257 e. The van der Waals surface area contributed by atoms with E-state index in [9.17, 15) is 9.59 Å². The molecule has 2 amide bonds. The highest BCUT2D eigenvalue weighted by Crippen LogP contribution is 2.41. The van der Waals surface area contributed by atoms with Crippen LogP contribution in [0.1, 0.15) is 36.5 Å². The molecule has 4 heterocycles. The summed E-state index contributed by atoms with van der Waals surface area (Å²) < 4.78 is 0. The highest BCUT2D eigenvalue weighted by Gasteiger charge is 2.51. The summed E-state index contributed by atoms with van der Waals surface area (Å²) in [6.45, 7) is 8.97. The third-order valence-electron chi connectivity index (χ3n) is 6.84. The normalized spacial score (nSPS) is 25.0. The average Bonchev–Trinajstić information content (AvgIpc) is 3.34. The first-order chi connectivity index (χ1) is 14.6. The van der Waals surface area contributed by atoms with Crippen LogP contribution < -0.4 is 4.90 Å². The van der Waals surface area contributed by atoms with Gasteiger partial charge in [0.1, 0.15) is 5.82 Å².